The van der Waals surface area contributed by atoms with Crippen molar-refractivity contribution < 1.29 is 69.0 Å². The fourth-order valence-corrected chi connectivity index (χ4v) is 7.85. The van der Waals surface area contributed by atoms with E-state index in [-0.39, 0.29) is 19.6 Å². The van der Waals surface area contributed by atoms with Crippen molar-refractivity contribution in [1.82, 2.24) is 0 Å². The van der Waals surface area contributed by atoms with E-state index in [1.165, 1.54) is 135 Å². The van der Waals surface area contributed by atoms with Crippen molar-refractivity contribution in [3.63, 3.8) is 0 Å². The van der Waals surface area contributed by atoms with E-state index < -0.39 is 86.7 Å². The summed E-state index contributed by atoms with van der Waals surface area (Å²) in [4.78, 5) is 12.5. The summed E-state index contributed by atoms with van der Waals surface area (Å²) in [5, 5.41) is 71.5. The summed E-state index contributed by atoms with van der Waals surface area (Å²) < 4.78 is 33.8. The number of unbranched alkanes of at least 4 members (excludes halogenated alkanes) is 24. The van der Waals surface area contributed by atoms with Crippen LogP contribution in [0.25, 0.3) is 0 Å². The molecule has 0 spiro atoms. The zero-order valence-corrected chi connectivity index (χ0v) is 37.5. The van der Waals surface area contributed by atoms with Gasteiger partial charge in [0.2, 0.25) is 0 Å². The van der Waals surface area contributed by atoms with Gasteiger partial charge in [-0.3, -0.25) is 4.79 Å². The summed E-state index contributed by atoms with van der Waals surface area (Å²) >= 11 is 0. The zero-order valence-electron chi connectivity index (χ0n) is 37.5. The van der Waals surface area contributed by atoms with E-state index in [4.69, 9.17) is 28.4 Å². The van der Waals surface area contributed by atoms with E-state index in [9.17, 15) is 40.5 Å². The second kappa shape index (κ2) is 35.4. The molecule has 0 bridgehead atoms. The Kier molecular flexibility index (Phi) is 32.5. The number of rotatable bonds is 38. The van der Waals surface area contributed by atoms with Gasteiger partial charge in [0.05, 0.1) is 26.4 Å². The molecule has 0 aliphatic carbocycles. The van der Waals surface area contributed by atoms with Crippen molar-refractivity contribution in [2.75, 3.05) is 33.0 Å². The van der Waals surface area contributed by atoms with Crippen LogP contribution in [0.4, 0.5) is 0 Å². The molecule has 2 rings (SSSR count). The second-order valence-electron chi connectivity index (χ2n) is 17.3. The van der Waals surface area contributed by atoms with Crippen molar-refractivity contribution in [1.29, 1.82) is 0 Å². The van der Waals surface area contributed by atoms with Gasteiger partial charge in [0.25, 0.3) is 0 Å². The quantitative estimate of drug-likeness (QED) is 0.0275. The number of carbonyl (C=O) groups is 1. The molecule has 0 aromatic rings. The van der Waals surface area contributed by atoms with Gasteiger partial charge in [-0.1, -0.05) is 168 Å². The van der Waals surface area contributed by atoms with E-state index in [2.05, 4.69) is 6.92 Å². The zero-order chi connectivity index (χ0) is 43.8. The number of carbonyl (C=O) groups excluding carboxylic acids is 1. The van der Waals surface area contributed by atoms with Gasteiger partial charge in [-0.15, -0.1) is 0 Å². The molecule has 0 aromatic heterocycles. The molecule has 2 saturated heterocycles. The lowest BCUT2D eigenvalue weighted by Gasteiger charge is -2.42. The van der Waals surface area contributed by atoms with Crippen molar-refractivity contribution in [3.8, 4) is 0 Å². The van der Waals surface area contributed by atoms with Gasteiger partial charge in [-0.05, 0) is 12.8 Å². The van der Waals surface area contributed by atoms with Crippen LogP contribution in [0, 0.1) is 0 Å². The third-order valence-electron chi connectivity index (χ3n) is 11.9. The molecule has 11 atom stereocenters. The smallest absolute Gasteiger partial charge is 0.306 e. The summed E-state index contributed by atoms with van der Waals surface area (Å²) in [6.45, 7) is 3.46. The van der Waals surface area contributed by atoms with Crippen LogP contribution in [0.3, 0.4) is 0 Å². The lowest BCUT2D eigenvalue weighted by molar-refractivity contribution is -0.332. The van der Waals surface area contributed by atoms with Gasteiger partial charge in [0.1, 0.15) is 54.9 Å². The maximum Gasteiger partial charge on any atom is 0.306 e. The Morgan fingerprint density at radius 2 is 0.883 bits per heavy atom. The van der Waals surface area contributed by atoms with Crippen LogP contribution in [0.5, 0.6) is 0 Å². The highest BCUT2D eigenvalue weighted by molar-refractivity contribution is 5.69. The van der Waals surface area contributed by atoms with E-state index in [1.807, 2.05) is 6.92 Å². The van der Waals surface area contributed by atoms with Gasteiger partial charge < -0.3 is 64.2 Å². The molecule has 60 heavy (non-hydrogen) atoms. The van der Waals surface area contributed by atoms with E-state index >= 15 is 0 Å². The fourth-order valence-electron chi connectivity index (χ4n) is 7.85. The Hall–Kier alpha value is -1.01. The monoisotopic (exact) mass is 865 g/mol. The minimum absolute atomic E-state index is 0.0643. The molecule has 14 nitrogen and oxygen atoms in total. The molecule has 0 aromatic carbocycles. The third kappa shape index (κ3) is 23.6. The van der Waals surface area contributed by atoms with Crippen LogP contribution in [0.2, 0.25) is 0 Å². The maximum absolute atomic E-state index is 12.5. The molecule has 2 heterocycles. The number of hydrogen-bond donors (Lipinski definition) is 7. The van der Waals surface area contributed by atoms with Crippen molar-refractivity contribution in [2.45, 2.75) is 255 Å². The summed E-state index contributed by atoms with van der Waals surface area (Å²) in [7, 11) is 0. The van der Waals surface area contributed by atoms with Gasteiger partial charge >= 0.3 is 5.97 Å². The first-order chi connectivity index (χ1) is 29.1. The highest BCUT2D eigenvalue weighted by Gasteiger charge is 2.47. The van der Waals surface area contributed by atoms with Crippen LogP contribution in [-0.4, -0.2) is 142 Å². The fraction of sp³-hybridized carbons (Fsp3) is 0.978. The van der Waals surface area contributed by atoms with E-state index in [0.29, 0.717) is 13.0 Å². The molecular formula is C46H88O14. The number of aliphatic hydroxyl groups is 7. The topological polar surface area (TPSA) is 214 Å². The molecule has 356 valence electrons. The first-order valence-electron chi connectivity index (χ1n) is 24.1. The summed E-state index contributed by atoms with van der Waals surface area (Å²) in [6.07, 6.45) is 17.6. The predicted octanol–water partition coefficient (Wildman–Crippen LogP) is 6.13. The highest BCUT2D eigenvalue weighted by atomic mass is 16.7. The number of ether oxygens (including phenoxy) is 6. The Labute approximate surface area is 362 Å². The summed E-state index contributed by atoms with van der Waals surface area (Å²) in [5.41, 5.74) is 0. The molecule has 0 radical (unpaired) electrons. The van der Waals surface area contributed by atoms with Crippen LogP contribution >= 0.6 is 0 Å². The second-order valence-corrected chi connectivity index (χ2v) is 17.3. The van der Waals surface area contributed by atoms with Crippen LogP contribution < -0.4 is 0 Å². The standard InChI is InChI=1S/C46H88O14/c1-3-5-7-8-9-10-11-12-13-14-15-16-17-18-19-20-21-22-23-24-25-26-27-28-30-55-32-35(58-38(48)29-6-4-2)33-56-45-44(54)42(52)40(50)37(60-45)34-57-46-43(53)41(51)39(49)36(31-47)59-46/h35-37,39-47,49-54H,3-34H2,1-2H3. The number of aliphatic hydroxyl groups excluding tert-OH is 7. The average molecular weight is 865 g/mol. The van der Waals surface area contributed by atoms with Crippen LogP contribution in [-0.2, 0) is 33.2 Å². The van der Waals surface area contributed by atoms with Gasteiger partial charge in [0, 0.05) is 13.0 Å². The van der Waals surface area contributed by atoms with Gasteiger partial charge in [-0.25, -0.2) is 0 Å². The SMILES string of the molecule is CCCCCCCCCCCCCCCCCCCCCCCCCCOCC(COC1OC(COC2OC(CO)C(O)C(O)C2O)C(O)C(O)C1O)OC(=O)CCCC. The average Bonchev–Trinajstić information content (AvgIpc) is 3.25. The van der Waals surface area contributed by atoms with Crippen LogP contribution in [0.15, 0.2) is 0 Å². The molecule has 7 N–H and O–H groups in total. The normalized spacial score (nSPS) is 27.6. The first kappa shape index (κ1) is 55.1. The summed E-state index contributed by atoms with van der Waals surface area (Å²) in [5.74, 6) is -0.407. The molecule has 2 aliphatic heterocycles. The maximum atomic E-state index is 12.5. The van der Waals surface area contributed by atoms with E-state index in [1.54, 1.807) is 0 Å². The highest BCUT2D eigenvalue weighted by Crippen LogP contribution is 2.26. The molecule has 2 aliphatic rings. The molecule has 2 fully saturated rings. The van der Waals surface area contributed by atoms with Crippen LogP contribution in [0.1, 0.15) is 187 Å². The van der Waals surface area contributed by atoms with Crippen molar-refractivity contribution in [2.24, 2.45) is 0 Å². The molecule has 0 saturated carbocycles. The van der Waals surface area contributed by atoms with Crippen molar-refractivity contribution in [3.05, 3.63) is 0 Å². The lowest BCUT2D eigenvalue weighted by Crippen LogP contribution is -2.61. The minimum atomic E-state index is -1.70. The van der Waals surface area contributed by atoms with Gasteiger partial charge in [-0.2, -0.15) is 0 Å². The molecule has 0 amide bonds. The first-order valence-corrected chi connectivity index (χ1v) is 24.1. The Bertz CT molecular complexity index is 1010. The molecule has 11 unspecified atom stereocenters. The Morgan fingerprint density at radius 1 is 0.483 bits per heavy atom. The minimum Gasteiger partial charge on any atom is -0.457 e. The van der Waals surface area contributed by atoms with Gasteiger partial charge in [0.15, 0.2) is 12.6 Å². The van der Waals surface area contributed by atoms with E-state index in [0.717, 1.165) is 25.7 Å². The molecular weight excluding hydrogens is 776 g/mol. The number of esters is 1. The third-order valence-corrected chi connectivity index (χ3v) is 11.9. The predicted molar refractivity (Wildman–Crippen MR) is 229 cm³/mol. The Balaban J connectivity index is 1.56. The lowest BCUT2D eigenvalue weighted by atomic mass is 9.98. The number of hydrogen-bond acceptors (Lipinski definition) is 14. The summed E-state index contributed by atoms with van der Waals surface area (Å²) in [6, 6.07) is 0. The molecule has 14 heteroatoms. The van der Waals surface area contributed by atoms with Crippen molar-refractivity contribution >= 4 is 5.97 Å². The Morgan fingerprint density at radius 3 is 1.33 bits per heavy atom. The largest absolute Gasteiger partial charge is 0.457 e.